The molecule has 1 aromatic carbocycles. The molecule has 1 aromatic heterocycles. The number of aliphatic hydroxyl groups excluding tert-OH is 1. The molecule has 1 amide bonds. The van der Waals surface area contributed by atoms with Crippen molar-refractivity contribution in [2.75, 3.05) is 6.61 Å². The third-order valence-electron chi connectivity index (χ3n) is 3.77. The topological polar surface area (TPSA) is 62.5 Å². The third kappa shape index (κ3) is 2.85. The van der Waals surface area contributed by atoms with Crippen molar-refractivity contribution in [1.29, 1.82) is 0 Å². The quantitative estimate of drug-likeness (QED) is 0.881. The van der Waals surface area contributed by atoms with Crippen molar-refractivity contribution in [3.05, 3.63) is 35.1 Å². The molecule has 2 N–H and O–H groups in total. The zero-order chi connectivity index (χ0) is 14.7. The molecule has 0 fully saturated rings. The number of amides is 1. The second-order valence-electron chi connectivity index (χ2n) is 5.18. The van der Waals surface area contributed by atoms with Crippen molar-refractivity contribution in [2.24, 2.45) is 0 Å². The van der Waals surface area contributed by atoms with E-state index in [4.69, 9.17) is 9.52 Å². The van der Waals surface area contributed by atoms with Crippen molar-refractivity contribution in [1.82, 2.24) is 5.32 Å². The van der Waals surface area contributed by atoms with Crippen LogP contribution < -0.4 is 5.32 Å². The Morgan fingerprint density at radius 2 is 2.15 bits per heavy atom. The lowest BCUT2D eigenvalue weighted by Crippen LogP contribution is -2.37. The van der Waals surface area contributed by atoms with Crippen molar-refractivity contribution in [3.8, 4) is 0 Å². The largest absolute Gasteiger partial charge is 0.464 e. The predicted molar refractivity (Wildman–Crippen MR) is 78.7 cm³/mol. The Kier molecular flexibility index (Phi) is 4.45. The number of aryl methyl sites for hydroxylation is 2. The fraction of sp³-hybridized carbons (Fsp3) is 0.438. The van der Waals surface area contributed by atoms with Gasteiger partial charge in [-0.05, 0) is 31.4 Å². The van der Waals surface area contributed by atoms with E-state index < -0.39 is 0 Å². The number of furan rings is 1. The monoisotopic (exact) mass is 275 g/mol. The van der Waals surface area contributed by atoms with Crippen LogP contribution in [0.1, 0.15) is 30.0 Å². The van der Waals surface area contributed by atoms with E-state index >= 15 is 0 Å². The summed E-state index contributed by atoms with van der Waals surface area (Å²) in [4.78, 5) is 12.0. The van der Waals surface area contributed by atoms with E-state index in [1.165, 1.54) is 5.56 Å². The number of fused-ring (bicyclic) bond motifs is 1. The molecule has 1 unspecified atom stereocenters. The first kappa shape index (κ1) is 14.6. The molecule has 2 rings (SSSR count). The van der Waals surface area contributed by atoms with Gasteiger partial charge in [-0.15, -0.1) is 0 Å². The highest BCUT2D eigenvalue weighted by Crippen LogP contribution is 2.26. The van der Waals surface area contributed by atoms with Crippen LogP contribution in [-0.4, -0.2) is 23.7 Å². The molecule has 0 radical (unpaired) electrons. The number of nitrogens with one attached hydrogen (secondary N) is 1. The maximum Gasteiger partial charge on any atom is 0.224 e. The maximum atomic E-state index is 12.0. The average molecular weight is 275 g/mol. The van der Waals surface area contributed by atoms with Crippen LogP contribution in [0.4, 0.5) is 0 Å². The van der Waals surface area contributed by atoms with Gasteiger partial charge in [0.1, 0.15) is 5.58 Å². The lowest BCUT2D eigenvalue weighted by atomic mass is 10.0. The Morgan fingerprint density at radius 3 is 2.80 bits per heavy atom. The summed E-state index contributed by atoms with van der Waals surface area (Å²) in [5.41, 5.74) is 4.01. The molecular weight excluding hydrogens is 254 g/mol. The van der Waals surface area contributed by atoms with Gasteiger partial charge in [0, 0.05) is 10.9 Å². The molecule has 4 nitrogen and oxygen atoms in total. The van der Waals surface area contributed by atoms with E-state index in [2.05, 4.69) is 5.32 Å². The Bertz CT molecular complexity index is 611. The number of hydrogen-bond donors (Lipinski definition) is 2. The van der Waals surface area contributed by atoms with Crippen LogP contribution in [0.25, 0.3) is 11.0 Å². The lowest BCUT2D eigenvalue weighted by Gasteiger charge is -2.13. The Labute approximate surface area is 118 Å². The Morgan fingerprint density at radius 1 is 1.40 bits per heavy atom. The van der Waals surface area contributed by atoms with Gasteiger partial charge in [0.2, 0.25) is 5.91 Å². The van der Waals surface area contributed by atoms with Gasteiger partial charge in [-0.2, -0.15) is 0 Å². The minimum absolute atomic E-state index is 0.0350. The third-order valence-corrected chi connectivity index (χ3v) is 3.77. The van der Waals surface area contributed by atoms with Gasteiger partial charge >= 0.3 is 0 Å². The standard InChI is InChI=1S/C16H21NO3/c1-4-13(8-18)17-15(19)7-12-9-20-16-11(3)10(2)5-6-14(12)16/h5-6,9,13,18H,4,7-8H2,1-3H3,(H,17,19). The summed E-state index contributed by atoms with van der Waals surface area (Å²) in [5, 5.41) is 12.9. The summed E-state index contributed by atoms with van der Waals surface area (Å²) in [6, 6.07) is 3.86. The van der Waals surface area contributed by atoms with E-state index in [0.29, 0.717) is 6.42 Å². The van der Waals surface area contributed by atoms with Gasteiger partial charge in [-0.3, -0.25) is 4.79 Å². The van der Waals surface area contributed by atoms with Gasteiger partial charge in [0.05, 0.1) is 25.3 Å². The fourth-order valence-corrected chi connectivity index (χ4v) is 2.25. The molecule has 0 bridgehead atoms. The van der Waals surface area contributed by atoms with Crippen LogP contribution in [0.3, 0.4) is 0 Å². The number of carbonyl (C=O) groups is 1. The summed E-state index contributed by atoms with van der Waals surface area (Å²) in [6.45, 7) is 5.95. The van der Waals surface area contributed by atoms with Crippen molar-refractivity contribution < 1.29 is 14.3 Å². The van der Waals surface area contributed by atoms with E-state index in [-0.39, 0.29) is 25.0 Å². The number of carbonyl (C=O) groups excluding carboxylic acids is 1. The van der Waals surface area contributed by atoms with Crippen molar-refractivity contribution >= 4 is 16.9 Å². The molecule has 20 heavy (non-hydrogen) atoms. The van der Waals surface area contributed by atoms with Crippen LogP contribution in [0.5, 0.6) is 0 Å². The van der Waals surface area contributed by atoms with Crippen molar-refractivity contribution in [3.63, 3.8) is 0 Å². The minimum atomic E-state index is -0.176. The first-order valence-corrected chi connectivity index (χ1v) is 6.93. The molecule has 0 saturated heterocycles. The normalized spacial score (nSPS) is 12.6. The van der Waals surface area contributed by atoms with Crippen LogP contribution in [0, 0.1) is 13.8 Å². The summed E-state index contributed by atoms with van der Waals surface area (Å²) in [5.74, 6) is -0.0909. The predicted octanol–water partition coefficient (Wildman–Crippen LogP) is 2.48. The molecule has 1 heterocycles. The smallest absolute Gasteiger partial charge is 0.224 e. The zero-order valence-corrected chi connectivity index (χ0v) is 12.2. The van der Waals surface area contributed by atoms with Crippen LogP contribution in [-0.2, 0) is 11.2 Å². The molecule has 0 spiro atoms. The van der Waals surface area contributed by atoms with E-state index in [1.807, 2.05) is 32.9 Å². The molecule has 108 valence electrons. The van der Waals surface area contributed by atoms with Crippen LogP contribution in [0.15, 0.2) is 22.8 Å². The van der Waals surface area contributed by atoms with Gasteiger partial charge in [0.15, 0.2) is 0 Å². The molecule has 0 aliphatic heterocycles. The minimum Gasteiger partial charge on any atom is -0.464 e. The van der Waals surface area contributed by atoms with Crippen molar-refractivity contribution in [2.45, 2.75) is 39.7 Å². The first-order chi connectivity index (χ1) is 9.56. The van der Waals surface area contributed by atoms with E-state index in [9.17, 15) is 4.79 Å². The zero-order valence-electron chi connectivity index (χ0n) is 12.2. The van der Waals surface area contributed by atoms with Crippen LogP contribution >= 0.6 is 0 Å². The SMILES string of the molecule is CCC(CO)NC(=O)Cc1coc2c(C)c(C)ccc12. The second kappa shape index (κ2) is 6.09. The second-order valence-corrected chi connectivity index (χ2v) is 5.18. The molecule has 0 aliphatic rings. The summed E-state index contributed by atoms with van der Waals surface area (Å²) < 4.78 is 5.59. The molecule has 0 aliphatic carbocycles. The summed E-state index contributed by atoms with van der Waals surface area (Å²) >= 11 is 0. The maximum absolute atomic E-state index is 12.0. The number of rotatable bonds is 5. The van der Waals surface area contributed by atoms with Crippen LogP contribution in [0.2, 0.25) is 0 Å². The van der Waals surface area contributed by atoms with Gasteiger partial charge in [-0.1, -0.05) is 19.1 Å². The van der Waals surface area contributed by atoms with Gasteiger partial charge in [0.25, 0.3) is 0 Å². The number of aliphatic hydroxyl groups is 1. The highest BCUT2D eigenvalue weighted by Gasteiger charge is 2.14. The number of benzene rings is 1. The Hall–Kier alpha value is -1.81. The fourth-order valence-electron chi connectivity index (χ4n) is 2.25. The highest BCUT2D eigenvalue weighted by molar-refractivity contribution is 5.89. The van der Waals surface area contributed by atoms with E-state index in [0.717, 1.165) is 22.1 Å². The van der Waals surface area contributed by atoms with Gasteiger partial charge < -0.3 is 14.8 Å². The number of hydrogen-bond acceptors (Lipinski definition) is 3. The molecule has 0 saturated carbocycles. The summed E-state index contributed by atoms with van der Waals surface area (Å²) in [7, 11) is 0. The summed E-state index contributed by atoms with van der Waals surface area (Å²) in [6.07, 6.45) is 2.63. The molecule has 2 aromatic rings. The average Bonchev–Trinajstić information content (AvgIpc) is 2.84. The van der Waals surface area contributed by atoms with Gasteiger partial charge in [-0.25, -0.2) is 0 Å². The first-order valence-electron chi connectivity index (χ1n) is 6.93. The van der Waals surface area contributed by atoms with E-state index in [1.54, 1.807) is 6.26 Å². The molecule has 4 heteroatoms. The highest BCUT2D eigenvalue weighted by atomic mass is 16.3. The Balaban J connectivity index is 2.18. The molecular formula is C16H21NO3. The molecule has 1 atom stereocenters. The lowest BCUT2D eigenvalue weighted by molar-refractivity contribution is -0.121.